The Morgan fingerprint density at radius 2 is 2.08 bits per heavy atom. The largest absolute Gasteiger partial charge is 0.340 e. The summed E-state index contributed by atoms with van der Waals surface area (Å²) in [7, 11) is 1.82. The summed E-state index contributed by atoms with van der Waals surface area (Å²) in [6, 6.07) is 6.27. The molecule has 6 nitrogen and oxygen atoms in total. The fourth-order valence-corrected chi connectivity index (χ4v) is 5.02. The predicted octanol–water partition coefficient (Wildman–Crippen LogP) is 1.24. The van der Waals surface area contributed by atoms with E-state index in [2.05, 4.69) is 22.3 Å². The zero-order valence-electron chi connectivity index (χ0n) is 15.2. The number of hydrogen-bond donors (Lipinski definition) is 1. The molecule has 0 saturated carbocycles. The van der Waals surface area contributed by atoms with Crippen LogP contribution >= 0.6 is 11.3 Å². The second-order valence-corrected chi connectivity index (χ2v) is 8.37. The van der Waals surface area contributed by atoms with E-state index >= 15 is 0 Å². The maximum absolute atomic E-state index is 12.8. The summed E-state index contributed by atoms with van der Waals surface area (Å²) in [6.45, 7) is 6.19. The van der Waals surface area contributed by atoms with Crippen LogP contribution in [0.15, 0.2) is 23.0 Å². The normalized spacial score (nSPS) is 22.0. The standard InChI is InChI=1S/C19H26N4O2S/c1-21-16-5-4-14(11-17(16)26-19(21)25)12-22-8-2-3-15(13-22)18(24)23-9-6-20-7-10-23/h4-5,11,15,20H,2-3,6-10,12-13H2,1H3. The van der Waals surface area contributed by atoms with Crippen molar-refractivity contribution in [3.63, 3.8) is 0 Å². The number of amides is 1. The monoisotopic (exact) mass is 374 g/mol. The topological polar surface area (TPSA) is 57.6 Å². The van der Waals surface area contributed by atoms with Gasteiger partial charge in [0.05, 0.1) is 16.1 Å². The molecule has 1 unspecified atom stereocenters. The lowest BCUT2D eigenvalue weighted by Gasteiger charge is -2.36. The van der Waals surface area contributed by atoms with Crippen molar-refractivity contribution < 1.29 is 4.79 Å². The summed E-state index contributed by atoms with van der Waals surface area (Å²) in [6.07, 6.45) is 2.07. The Labute approximate surface area is 157 Å². The van der Waals surface area contributed by atoms with E-state index < -0.39 is 0 Å². The minimum atomic E-state index is 0.0804. The van der Waals surface area contributed by atoms with Crippen molar-refractivity contribution in [3.8, 4) is 0 Å². The first-order chi connectivity index (χ1) is 12.6. The third kappa shape index (κ3) is 3.56. The molecule has 140 valence electrons. The number of aromatic nitrogens is 1. The second-order valence-electron chi connectivity index (χ2n) is 7.38. The maximum atomic E-state index is 12.8. The van der Waals surface area contributed by atoms with E-state index in [0.717, 1.165) is 68.9 Å². The highest BCUT2D eigenvalue weighted by molar-refractivity contribution is 7.16. The summed E-state index contributed by atoms with van der Waals surface area (Å²) in [4.78, 5) is 29.1. The fourth-order valence-electron chi connectivity index (χ4n) is 4.08. The van der Waals surface area contributed by atoms with Gasteiger partial charge in [-0.25, -0.2) is 0 Å². The van der Waals surface area contributed by atoms with Crippen molar-refractivity contribution >= 4 is 27.5 Å². The van der Waals surface area contributed by atoms with Crippen LogP contribution in [-0.2, 0) is 18.4 Å². The Balaban J connectivity index is 1.43. The lowest BCUT2D eigenvalue weighted by atomic mass is 9.95. The molecule has 1 N–H and O–H groups in total. The number of carbonyl (C=O) groups is 1. The lowest BCUT2D eigenvalue weighted by molar-refractivity contribution is -0.138. The van der Waals surface area contributed by atoms with Gasteiger partial charge in [0.2, 0.25) is 5.91 Å². The van der Waals surface area contributed by atoms with E-state index in [9.17, 15) is 9.59 Å². The first-order valence-electron chi connectivity index (χ1n) is 9.42. The van der Waals surface area contributed by atoms with Crippen molar-refractivity contribution in [2.75, 3.05) is 39.3 Å². The minimum Gasteiger partial charge on any atom is -0.340 e. The van der Waals surface area contributed by atoms with Gasteiger partial charge in [0.15, 0.2) is 0 Å². The molecule has 26 heavy (non-hydrogen) atoms. The maximum Gasteiger partial charge on any atom is 0.307 e. The molecule has 7 heteroatoms. The van der Waals surface area contributed by atoms with E-state index in [-0.39, 0.29) is 10.8 Å². The number of nitrogens with zero attached hydrogens (tertiary/aromatic N) is 3. The third-order valence-electron chi connectivity index (χ3n) is 5.55. The number of piperidine rings is 1. The SMILES string of the molecule is Cn1c(=O)sc2cc(CN3CCCC(C(=O)N4CCNCC4)C3)ccc21. The van der Waals surface area contributed by atoms with Crippen LogP contribution in [-0.4, -0.2) is 59.5 Å². The van der Waals surface area contributed by atoms with E-state index in [0.29, 0.717) is 5.91 Å². The zero-order chi connectivity index (χ0) is 18.1. The van der Waals surface area contributed by atoms with Crippen LogP contribution in [0.4, 0.5) is 0 Å². The number of rotatable bonds is 3. The number of fused-ring (bicyclic) bond motifs is 1. The average molecular weight is 375 g/mol. The van der Waals surface area contributed by atoms with Gasteiger partial charge in [-0.05, 0) is 37.1 Å². The molecule has 1 atom stereocenters. The third-order valence-corrected chi connectivity index (χ3v) is 6.54. The molecule has 4 rings (SSSR count). The highest BCUT2D eigenvalue weighted by Gasteiger charge is 2.29. The van der Waals surface area contributed by atoms with E-state index in [1.165, 1.54) is 16.9 Å². The van der Waals surface area contributed by atoms with Gasteiger partial charge in [0, 0.05) is 46.3 Å². The van der Waals surface area contributed by atoms with Gasteiger partial charge >= 0.3 is 4.87 Å². The van der Waals surface area contributed by atoms with E-state index in [1.807, 2.05) is 18.0 Å². The number of piperazine rings is 1. The van der Waals surface area contributed by atoms with Gasteiger partial charge in [-0.15, -0.1) is 0 Å². The summed E-state index contributed by atoms with van der Waals surface area (Å²) in [5.41, 5.74) is 2.21. The first-order valence-corrected chi connectivity index (χ1v) is 10.2. The summed E-state index contributed by atoms with van der Waals surface area (Å²) in [5.74, 6) is 0.450. The molecule has 3 heterocycles. The first kappa shape index (κ1) is 17.7. The number of nitrogens with one attached hydrogen (secondary N) is 1. The van der Waals surface area contributed by atoms with Gasteiger partial charge in [-0.1, -0.05) is 17.4 Å². The molecular weight excluding hydrogens is 348 g/mol. The molecule has 2 saturated heterocycles. The number of carbonyl (C=O) groups excluding carboxylic acids is 1. The van der Waals surface area contributed by atoms with Gasteiger partial charge in [-0.2, -0.15) is 0 Å². The predicted molar refractivity (Wildman–Crippen MR) is 105 cm³/mol. The van der Waals surface area contributed by atoms with Gasteiger partial charge in [0.25, 0.3) is 0 Å². The molecule has 0 radical (unpaired) electrons. The summed E-state index contributed by atoms with van der Waals surface area (Å²) in [5, 5.41) is 3.31. The van der Waals surface area contributed by atoms with Crippen LogP contribution in [0.5, 0.6) is 0 Å². The Morgan fingerprint density at radius 3 is 2.88 bits per heavy atom. The lowest BCUT2D eigenvalue weighted by Crippen LogP contribution is -2.51. The number of thiazole rings is 1. The summed E-state index contributed by atoms with van der Waals surface area (Å²) >= 11 is 1.30. The Kier molecular flexibility index (Phi) is 5.11. The number of aryl methyl sites for hydroxylation is 1. The van der Waals surface area contributed by atoms with Gasteiger partial charge < -0.3 is 14.8 Å². The van der Waals surface area contributed by atoms with Crippen LogP contribution < -0.4 is 10.2 Å². The molecule has 2 aliphatic rings. The molecule has 2 aliphatic heterocycles. The van der Waals surface area contributed by atoms with Crippen LogP contribution in [0.3, 0.4) is 0 Å². The summed E-state index contributed by atoms with van der Waals surface area (Å²) < 4.78 is 2.74. The van der Waals surface area contributed by atoms with Crippen LogP contribution in [0.25, 0.3) is 10.2 Å². The molecule has 0 spiro atoms. The Bertz CT molecular complexity index is 853. The molecular formula is C19H26N4O2S. The zero-order valence-corrected chi connectivity index (χ0v) is 16.1. The number of hydrogen-bond acceptors (Lipinski definition) is 5. The molecule has 1 amide bonds. The Hall–Kier alpha value is -1.70. The van der Waals surface area contributed by atoms with Crippen LogP contribution in [0, 0.1) is 5.92 Å². The highest BCUT2D eigenvalue weighted by atomic mass is 32.1. The number of likely N-dealkylation sites (tertiary alicyclic amines) is 1. The van der Waals surface area contributed by atoms with Crippen LogP contribution in [0.1, 0.15) is 18.4 Å². The van der Waals surface area contributed by atoms with Crippen molar-refractivity contribution in [1.29, 1.82) is 0 Å². The van der Waals surface area contributed by atoms with Gasteiger partial charge in [0.1, 0.15) is 0 Å². The molecule has 0 bridgehead atoms. The Morgan fingerprint density at radius 1 is 1.27 bits per heavy atom. The average Bonchev–Trinajstić information content (AvgIpc) is 2.95. The van der Waals surface area contributed by atoms with Crippen molar-refractivity contribution in [3.05, 3.63) is 33.4 Å². The van der Waals surface area contributed by atoms with Crippen molar-refractivity contribution in [2.45, 2.75) is 19.4 Å². The molecule has 1 aromatic carbocycles. The highest BCUT2D eigenvalue weighted by Crippen LogP contribution is 2.23. The molecule has 0 aliphatic carbocycles. The van der Waals surface area contributed by atoms with E-state index in [4.69, 9.17) is 0 Å². The minimum absolute atomic E-state index is 0.0804. The fraction of sp³-hybridized carbons (Fsp3) is 0.579. The van der Waals surface area contributed by atoms with Gasteiger partial charge in [-0.3, -0.25) is 14.5 Å². The van der Waals surface area contributed by atoms with E-state index in [1.54, 1.807) is 4.57 Å². The smallest absolute Gasteiger partial charge is 0.307 e. The second kappa shape index (κ2) is 7.50. The molecule has 2 fully saturated rings. The molecule has 1 aromatic heterocycles. The van der Waals surface area contributed by atoms with Crippen molar-refractivity contribution in [1.82, 2.24) is 19.7 Å². The van der Waals surface area contributed by atoms with Crippen molar-refractivity contribution in [2.24, 2.45) is 13.0 Å². The molecule has 2 aromatic rings. The van der Waals surface area contributed by atoms with Crippen LogP contribution in [0.2, 0.25) is 0 Å². The quantitative estimate of drug-likeness (QED) is 0.878. The number of benzene rings is 1.